The third-order valence-corrected chi connectivity index (χ3v) is 1.92. The number of halogens is 2. The molecular formula is C11H7F2N5O. The van der Waals surface area contributed by atoms with E-state index in [0.29, 0.717) is 6.07 Å². The van der Waals surface area contributed by atoms with Crippen molar-refractivity contribution in [3.8, 4) is 12.1 Å². The van der Waals surface area contributed by atoms with Gasteiger partial charge in [-0.3, -0.25) is 5.32 Å². The molecule has 0 aliphatic heterocycles. The summed E-state index contributed by atoms with van der Waals surface area (Å²) in [6.45, 7) is 0. The zero-order chi connectivity index (χ0) is 14.4. The van der Waals surface area contributed by atoms with Crippen molar-refractivity contribution in [3.63, 3.8) is 0 Å². The molecule has 1 aromatic rings. The Morgan fingerprint density at radius 1 is 1.26 bits per heavy atom. The molecule has 8 heteroatoms. The fraction of sp³-hybridized carbons (Fsp3) is 0. The second-order valence-corrected chi connectivity index (χ2v) is 3.22. The van der Waals surface area contributed by atoms with Gasteiger partial charge in [-0.25, -0.2) is 13.6 Å². The van der Waals surface area contributed by atoms with Crippen LogP contribution in [0.15, 0.2) is 29.6 Å². The molecule has 2 amide bonds. The first-order valence-corrected chi connectivity index (χ1v) is 4.81. The average Bonchev–Trinajstić information content (AvgIpc) is 2.38. The molecule has 0 spiro atoms. The Labute approximate surface area is 106 Å². The fourth-order valence-corrected chi connectivity index (χ4v) is 1.07. The van der Waals surface area contributed by atoms with Gasteiger partial charge in [0.1, 0.15) is 29.5 Å². The molecule has 96 valence electrons. The van der Waals surface area contributed by atoms with Crippen molar-refractivity contribution in [1.29, 1.82) is 10.5 Å². The van der Waals surface area contributed by atoms with Crippen molar-refractivity contribution < 1.29 is 13.6 Å². The summed E-state index contributed by atoms with van der Waals surface area (Å²) in [7, 11) is 0. The van der Waals surface area contributed by atoms with Crippen LogP contribution < -0.4 is 16.4 Å². The number of amides is 2. The molecular weight excluding hydrogens is 256 g/mol. The Morgan fingerprint density at radius 2 is 1.95 bits per heavy atom. The number of benzene rings is 1. The number of allylic oxidation sites excluding steroid dienone is 2. The zero-order valence-corrected chi connectivity index (χ0v) is 9.37. The minimum absolute atomic E-state index is 0.285. The second-order valence-electron chi connectivity index (χ2n) is 3.22. The molecule has 0 bridgehead atoms. The van der Waals surface area contributed by atoms with Gasteiger partial charge in [-0.05, 0) is 12.1 Å². The number of anilines is 1. The highest BCUT2D eigenvalue weighted by Crippen LogP contribution is 2.14. The van der Waals surface area contributed by atoms with E-state index in [1.54, 1.807) is 0 Å². The maximum atomic E-state index is 13.2. The van der Waals surface area contributed by atoms with Crippen molar-refractivity contribution in [2.24, 2.45) is 5.73 Å². The van der Waals surface area contributed by atoms with Gasteiger partial charge in [-0.1, -0.05) is 0 Å². The molecule has 0 saturated heterocycles. The number of nitrogens with zero attached hydrogens (tertiary/aromatic N) is 2. The predicted molar refractivity (Wildman–Crippen MR) is 61.0 cm³/mol. The number of hydrogen-bond acceptors (Lipinski definition) is 4. The van der Waals surface area contributed by atoms with Gasteiger partial charge >= 0.3 is 6.03 Å². The summed E-state index contributed by atoms with van der Waals surface area (Å²) in [5, 5.41) is 21.1. The van der Waals surface area contributed by atoms with Crippen LogP contribution in [0.4, 0.5) is 19.3 Å². The van der Waals surface area contributed by atoms with Gasteiger partial charge in [0.2, 0.25) is 0 Å². The maximum absolute atomic E-state index is 13.2. The van der Waals surface area contributed by atoms with Gasteiger partial charge in [0.15, 0.2) is 5.70 Å². The van der Waals surface area contributed by atoms with E-state index in [0.717, 1.165) is 12.1 Å². The lowest BCUT2D eigenvalue weighted by Gasteiger charge is -2.07. The van der Waals surface area contributed by atoms with Crippen molar-refractivity contribution in [2.45, 2.75) is 0 Å². The Hall–Kier alpha value is -3.13. The fourth-order valence-electron chi connectivity index (χ4n) is 1.07. The average molecular weight is 263 g/mol. The summed E-state index contributed by atoms with van der Waals surface area (Å²) in [6.07, 6.45) is 0. The number of rotatable bonds is 2. The normalized spacial score (nSPS) is 10.7. The monoisotopic (exact) mass is 263 g/mol. The van der Waals surface area contributed by atoms with Crippen LogP contribution in [-0.2, 0) is 0 Å². The molecule has 0 aliphatic rings. The highest BCUT2D eigenvalue weighted by Gasteiger charge is 2.11. The van der Waals surface area contributed by atoms with Crippen LogP contribution in [0.1, 0.15) is 0 Å². The first kappa shape index (κ1) is 13.9. The quantitative estimate of drug-likeness (QED) is 0.697. The number of nitrogens with one attached hydrogen (secondary N) is 2. The number of urea groups is 1. The van der Waals surface area contributed by atoms with E-state index in [2.05, 4.69) is 0 Å². The molecule has 0 radical (unpaired) electrons. The largest absolute Gasteiger partial charge is 0.388 e. The van der Waals surface area contributed by atoms with E-state index in [9.17, 15) is 13.6 Å². The molecule has 0 aliphatic carbocycles. The first-order valence-electron chi connectivity index (χ1n) is 4.81. The summed E-state index contributed by atoms with van der Waals surface area (Å²) >= 11 is 0. The SMILES string of the molecule is N#C/C(N)=C(\C#N)NC(=O)Nc1ccc(F)cc1F. The third-order valence-electron chi connectivity index (χ3n) is 1.92. The van der Waals surface area contributed by atoms with Crippen LogP contribution in [-0.4, -0.2) is 6.03 Å². The van der Waals surface area contributed by atoms with Crippen LogP contribution in [0.5, 0.6) is 0 Å². The number of nitrogens with two attached hydrogens (primary N) is 1. The van der Waals surface area contributed by atoms with E-state index in [1.807, 2.05) is 10.6 Å². The van der Waals surface area contributed by atoms with E-state index in [1.165, 1.54) is 12.1 Å². The molecule has 0 fully saturated rings. The Kier molecular flexibility index (Phi) is 4.39. The molecule has 1 rings (SSSR count). The van der Waals surface area contributed by atoms with E-state index >= 15 is 0 Å². The molecule has 0 heterocycles. The van der Waals surface area contributed by atoms with Crippen LogP contribution in [0.2, 0.25) is 0 Å². The lowest BCUT2D eigenvalue weighted by atomic mass is 10.3. The highest BCUT2D eigenvalue weighted by atomic mass is 19.1. The lowest BCUT2D eigenvalue weighted by Crippen LogP contribution is -2.29. The Bertz CT molecular complexity index is 627. The van der Waals surface area contributed by atoms with Crippen LogP contribution >= 0.6 is 0 Å². The van der Waals surface area contributed by atoms with Crippen molar-refractivity contribution in [3.05, 3.63) is 41.2 Å². The molecule has 19 heavy (non-hydrogen) atoms. The minimum atomic E-state index is -0.986. The smallest absolute Gasteiger partial charge is 0.324 e. The Balaban J connectivity index is 2.82. The molecule has 4 N–H and O–H groups in total. The summed E-state index contributed by atoms with van der Waals surface area (Å²) in [5.41, 5.74) is 3.91. The van der Waals surface area contributed by atoms with Gasteiger partial charge in [0.05, 0.1) is 5.69 Å². The van der Waals surface area contributed by atoms with E-state index in [4.69, 9.17) is 16.3 Å². The lowest BCUT2D eigenvalue weighted by molar-refractivity contribution is 0.254. The van der Waals surface area contributed by atoms with Crippen molar-refractivity contribution >= 4 is 11.7 Å². The maximum Gasteiger partial charge on any atom is 0.324 e. The molecule has 6 nitrogen and oxygen atoms in total. The zero-order valence-electron chi connectivity index (χ0n) is 9.37. The molecule has 1 aromatic carbocycles. The third kappa shape index (κ3) is 3.68. The predicted octanol–water partition coefficient (Wildman–Crippen LogP) is 1.30. The summed E-state index contributed by atoms with van der Waals surface area (Å²) in [6, 6.07) is 4.53. The molecule has 0 aromatic heterocycles. The first-order chi connectivity index (χ1) is 8.97. The summed E-state index contributed by atoms with van der Waals surface area (Å²) in [5.74, 6) is -1.78. The van der Waals surface area contributed by atoms with E-state index < -0.39 is 29.1 Å². The highest BCUT2D eigenvalue weighted by molar-refractivity contribution is 5.91. The van der Waals surface area contributed by atoms with Gasteiger partial charge in [0.25, 0.3) is 0 Å². The van der Waals surface area contributed by atoms with E-state index in [-0.39, 0.29) is 5.69 Å². The van der Waals surface area contributed by atoms with Crippen molar-refractivity contribution in [2.75, 3.05) is 5.32 Å². The summed E-state index contributed by atoms with van der Waals surface area (Å²) in [4.78, 5) is 11.4. The van der Waals surface area contributed by atoms with Gasteiger partial charge in [-0.15, -0.1) is 0 Å². The number of nitriles is 2. The van der Waals surface area contributed by atoms with Crippen LogP contribution in [0.3, 0.4) is 0 Å². The number of carbonyl (C=O) groups excluding carboxylic acids is 1. The molecule has 0 atom stereocenters. The van der Waals surface area contributed by atoms with Crippen molar-refractivity contribution in [1.82, 2.24) is 5.32 Å². The Morgan fingerprint density at radius 3 is 2.47 bits per heavy atom. The van der Waals surface area contributed by atoms with Gasteiger partial charge < -0.3 is 11.1 Å². The van der Waals surface area contributed by atoms with Crippen LogP contribution in [0, 0.1) is 34.3 Å². The number of hydrogen-bond donors (Lipinski definition) is 3. The summed E-state index contributed by atoms with van der Waals surface area (Å²) < 4.78 is 25.8. The minimum Gasteiger partial charge on any atom is -0.388 e. The topological polar surface area (TPSA) is 115 Å². The van der Waals surface area contributed by atoms with Crippen LogP contribution in [0.25, 0.3) is 0 Å². The standard InChI is InChI=1S/C11H7F2N5O/c12-6-1-2-9(7(13)3-6)17-11(19)18-10(5-15)8(16)4-14/h1-3H,16H2,(H2,17,18,19)/b10-8-. The molecule has 0 unspecified atom stereocenters. The van der Waals surface area contributed by atoms with Gasteiger partial charge in [0, 0.05) is 6.07 Å². The number of carbonyl (C=O) groups is 1. The second kappa shape index (κ2) is 5.98. The van der Waals surface area contributed by atoms with Gasteiger partial charge in [-0.2, -0.15) is 10.5 Å². The molecule has 0 saturated carbocycles.